The molecular weight excluding hydrogens is 382 g/mol. The van der Waals surface area contributed by atoms with Crippen LogP contribution in [0.25, 0.3) is 0 Å². The van der Waals surface area contributed by atoms with E-state index in [1.165, 1.54) is 12.0 Å². The number of benzene rings is 2. The number of ketones is 1. The lowest BCUT2D eigenvalue weighted by molar-refractivity contribution is -0.147. The number of carbonyl (C=O) groups excluding carboxylic acids is 3. The van der Waals surface area contributed by atoms with Crippen LogP contribution in [0.15, 0.2) is 42.5 Å². The zero-order valence-electron chi connectivity index (χ0n) is 15.6. The third-order valence-electron chi connectivity index (χ3n) is 4.66. The van der Waals surface area contributed by atoms with Gasteiger partial charge in [-0.15, -0.1) is 0 Å². The third-order valence-corrected chi connectivity index (χ3v) is 5.07. The van der Waals surface area contributed by atoms with E-state index in [0.29, 0.717) is 22.0 Å². The molecule has 0 radical (unpaired) electrons. The largest absolute Gasteiger partial charge is 0.497 e. The minimum Gasteiger partial charge on any atom is -0.497 e. The lowest BCUT2D eigenvalue weighted by Crippen LogP contribution is -2.27. The van der Waals surface area contributed by atoms with Gasteiger partial charge in [0, 0.05) is 29.2 Å². The summed E-state index contributed by atoms with van der Waals surface area (Å²) in [6.07, 6.45) is 0.0394. The van der Waals surface area contributed by atoms with Crippen molar-refractivity contribution in [3.63, 3.8) is 0 Å². The summed E-state index contributed by atoms with van der Waals surface area (Å²) < 4.78 is 10.2. The van der Waals surface area contributed by atoms with Crippen LogP contribution in [0.4, 0.5) is 5.69 Å². The summed E-state index contributed by atoms with van der Waals surface area (Å²) in [5.41, 5.74) is 1.94. The highest BCUT2D eigenvalue weighted by atomic mass is 35.5. The average molecular weight is 402 g/mol. The summed E-state index contributed by atoms with van der Waals surface area (Å²) in [5, 5.41) is 0.556. The Morgan fingerprint density at radius 1 is 1.21 bits per heavy atom. The fraction of sp³-hybridized carbons (Fsp3) is 0.286. The Balaban J connectivity index is 1.60. The molecule has 1 atom stereocenters. The molecule has 0 N–H and O–H groups in total. The second kappa shape index (κ2) is 8.44. The van der Waals surface area contributed by atoms with Gasteiger partial charge in [0.2, 0.25) is 5.91 Å². The number of amides is 1. The third kappa shape index (κ3) is 4.34. The van der Waals surface area contributed by atoms with E-state index in [9.17, 15) is 14.4 Å². The van der Waals surface area contributed by atoms with Gasteiger partial charge in [0.15, 0.2) is 12.4 Å². The molecule has 1 saturated heterocycles. The van der Waals surface area contributed by atoms with Crippen LogP contribution in [0.1, 0.15) is 22.3 Å². The molecular formula is C21H20ClNO5. The molecule has 0 aromatic heterocycles. The minimum absolute atomic E-state index is 0.0394. The number of Topliss-reactive ketones (excluding diaryl/α,β-unsaturated/α-hetero) is 1. The second-order valence-corrected chi connectivity index (χ2v) is 7.01. The Hall–Kier alpha value is -2.86. The standard InChI is InChI=1S/C21H20ClNO5/c1-13-6-7-16(10-18(13)22)23-11-15(9-20(23)25)21(26)28-12-19(24)14-4-3-5-17(8-14)27-2/h3-8,10,15H,9,11-12H2,1-2H3. The highest BCUT2D eigenvalue weighted by Gasteiger charge is 2.36. The van der Waals surface area contributed by atoms with Gasteiger partial charge in [0.25, 0.3) is 0 Å². The fourth-order valence-corrected chi connectivity index (χ4v) is 3.17. The van der Waals surface area contributed by atoms with Crippen LogP contribution in [0.5, 0.6) is 5.75 Å². The molecule has 1 unspecified atom stereocenters. The highest BCUT2D eigenvalue weighted by molar-refractivity contribution is 6.31. The normalized spacial score (nSPS) is 16.2. The maximum Gasteiger partial charge on any atom is 0.311 e. The molecule has 6 nitrogen and oxygen atoms in total. The van der Waals surface area contributed by atoms with Gasteiger partial charge in [-0.3, -0.25) is 14.4 Å². The summed E-state index contributed by atoms with van der Waals surface area (Å²) in [7, 11) is 1.51. The monoisotopic (exact) mass is 401 g/mol. The van der Waals surface area contributed by atoms with E-state index in [4.69, 9.17) is 21.1 Å². The number of hydrogen-bond donors (Lipinski definition) is 0. The SMILES string of the molecule is COc1cccc(C(=O)COC(=O)C2CC(=O)N(c3ccc(C)c(Cl)c3)C2)c1. The topological polar surface area (TPSA) is 72.9 Å². The number of aryl methyl sites for hydroxylation is 1. The number of methoxy groups -OCH3 is 1. The molecule has 2 aromatic carbocycles. The summed E-state index contributed by atoms with van der Waals surface area (Å²) in [4.78, 5) is 38.4. The molecule has 0 aliphatic carbocycles. The number of carbonyl (C=O) groups is 3. The van der Waals surface area contributed by atoms with Crippen molar-refractivity contribution < 1.29 is 23.9 Å². The number of esters is 1. The van der Waals surface area contributed by atoms with E-state index in [1.807, 2.05) is 13.0 Å². The first-order chi connectivity index (χ1) is 13.4. The van der Waals surface area contributed by atoms with Gasteiger partial charge in [-0.2, -0.15) is 0 Å². The molecule has 1 heterocycles. The van der Waals surface area contributed by atoms with Crippen LogP contribution in [-0.2, 0) is 14.3 Å². The quantitative estimate of drug-likeness (QED) is 0.547. The van der Waals surface area contributed by atoms with E-state index in [2.05, 4.69) is 0 Å². The lowest BCUT2D eigenvalue weighted by atomic mass is 10.1. The molecule has 0 spiro atoms. The minimum atomic E-state index is -0.620. The van der Waals surface area contributed by atoms with Gasteiger partial charge in [-0.25, -0.2) is 0 Å². The van der Waals surface area contributed by atoms with E-state index >= 15 is 0 Å². The van der Waals surface area contributed by atoms with Crippen molar-refractivity contribution in [1.29, 1.82) is 0 Å². The maximum atomic E-state index is 12.3. The van der Waals surface area contributed by atoms with Crippen molar-refractivity contribution in [2.45, 2.75) is 13.3 Å². The molecule has 1 aliphatic heterocycles. The predicted octanol–water partition coefficient (Wildman–Crippen LogP) is 3.44. The van der Waals surface area contributed by atoms with Crippen molar-refractivity contribution in [3.05, 3.63) is 58.6 Å². The number of anilines is 1. The van der Waals surface area contributed by atoms with Crippen molar-refractivity contribution in [3.8, 4) is 5.75 Å². The first-order valence-corrected chi connectivity index (χ1v) is 9.17. The first-order valence-electron chi connectivity index (χ1n) is 8.79. The number of halogens is 1. The summed E-state index contributed by atoms with van der Waals surface area (Å²) >= 11 is 6.13. The Morgan fingerprint density at radius 3 is 2.71 bits per heavy atom. The Labute approximate surface area is 168 Å². The van der Waals surface area contributed by atoms with Crippen LogP contribution in [-0.4, -0.2) is 37.9 Å². The zero-order chi connectivity index (χ0) is 20.3. The summed E-state index contributed by atoms with van der Waals surface area (Å²) in [6, 6.07) is 11.9. The summed E-state index contributed by atoms with van der Waals surface area (Å²) in [5.74, 6) is -1.15. The maximum absolute atomic E-state index is 12.3. The van der Waals surface area contributed by atoms with Gasteiger partial charge < -0.3 is 14.4 Å². The molecule has 7 heteroatoms. The van der Waals surface area contributed by atoms with Crippen LogP contribution < -0.4 is 9.64 Å². The molecule has 1 aliphatic rings. The molecule has 0 saturated carbocycles. The van der Waals surface area contributed by atoms with Gasteiger partial charge in [0.05, 0.1) is 13.0 Å². The second-order valence-electron chi connectivity index (χ2n) is 6.60. The molecule has 1 fully saturated rings. The average Bonchev–Trinajstić information content (AvgIpc) is 3.09. The van der Waals surface area contributed by atoms with E-state index in [-0.39, 0.29) is 31.3 Å². The number of ether oxygens (including phenoxy) is 2. The van der Waals surface area contributed by atoms with Crippen molar-refractivity contribution in [2.75, 3.05) is 25.2 Å². The Kier molecular flexibility index (Phi) is 5.99. The summed E-state index contributed by atoms with van der Waals surface area (Å²) in [6.45, 7) is 1.69. The number of nitrogens with zero attached hydrogens (tertiary/aromatic N) is 1. The number of rotatable bonds is 6. The fourth-order valence-electron chi connectivity index (χ4n) is 3.00. The zero-order valence-corrected chi connectivity index (χ0v) is 16.4. The van der Waals surface area contributed by atoms with Crippen LogP contribution in [0.3, 0.4) is 0 Å². The highest BCUT2D eigenvalue weighted by Crippen LogP contribution is 2.29. The van der Waals surface area contributed by atoms with Gasteiger partial charge in [-0.05, 0) is 36.8 Å². The predicted molar refractivity (Wildman–Crippen MR) is 105 cm³/mol. The molecule has 2 aromatic rings. The van der Waals surface area contributed by atoms with Gasteiger partial charge >= 0.3 is 5.97 Å². The molecule has 1 amide bonds. The van der Waals surface area contributed by atoms with Crippen molar-refractivity contribution in [2.24, 2.45) is 5.92 Å². The van der Waals surface area contributed by atoms with Crippen LogP contribution >= 0.6 is 11.6 Å². The Bertz CT molecular complexity index is 927. The smallest absolute Gasteiger partial charge is 0.311 e. The molecule has 3 rings (SSSR count). The number of hydrogen-bond acceptors (Lipinski definition) is 5. The van der Waals surface area contributed by atoms with Crippen LogP contribution in [0, 0.1) is 12.8 Å². The first kappa shape index (κ1) is 19.9. The lowest BCUT2D eigenvalue weighted by Gasteiger charge is -2.17. The van der Waals surface area contributed by atoms with E-state index in [1.54, 1.807) is 36.4 Å². The van der Waals surface area contributed by atoms with Crippen molar-refractivity contribution in [1.82, 2.24) is 0 Å². The van der Waals surface area contributed by atoms with Gasteiger partial charge in [-0.1, -0.05) is 29.8 Å². The Morgan fingerprint density at radius 2 is 2.00 bits per heavy atom. The molecule has 0 bridgehead atoms. The van der Waals surface area contributed by atoms with E-state index in [0.717, 1.165) is 5.56 Å². The molecule has 146 valence electrons. The van der Waals surface area contributed by atoms with Crippen molar-refractivity contribution >= 4 is 34.9 Å². The van der Waals surface area contributed by atoms with E-state index < -0.39 is 11.9 Å². The van der Waals surface area contributed by atoms with Gasteiger partial charge in [0.1, 0.15) is 5.75 Å². The van der Waals surface area contributed by atoms with Crippen LogP contribution in [0.2, 0.25) is 5.02 Å². The molecule has 28 heavy (non-hydrogen) atoms.